The molecule has 2 heterocycles. The van der Waals surface area contributed by atoms with E-state index in [9.17, 15) is 5.11 Å². The first-order valence-corrected chi connectivity index (χ1v) is 8.21. The first kappa shape index (κ1) is 14.4. The van der Waals surface area contributed by atoms with E-state index in [-0.39, 0.29) is 0 Å². The van der Waals surface area contributed by atoms with Gasteiger partial charge in [-0.25, -0.2) is 0 Å². The van der Waals surface area contributed by atoms with Crippen molar-refractivity contribution in [3.8, 4) is 11.5 Å². The van der Waals surface area contributed by atoms with E-state index in [0.29, 0.717) is 19.1 Å². The Kier molecular flexibility index (Phi) is 4.17. The van der Waals surface area contributed by atoms with Crippen molar-refractivity contribution in [1.29, 1.82) is 0 Å². The van der Waals surface area contributed by atoms with Crippen LogP contribution in [-0.4, -0.2) is 18.3 Å². The molecule has 1 N–H and O–H groups in total. The van der Waals surface area contributed by atoms with Gasteiger partial charge < -0.3 is 14.6 Å². The van der Waals surface area contributed by atoms with Crippen LogP contribution in [0.25, 0.3) is 0 Å². The standard InChI is InChI=1S/C17H20O3S/c1-3-12-6-7-21-17(12)16(18)13-4-5-14-15(8-13)20-10-11(2)9-19-14/h4-8,11,16,18H,3,9-10H2,1-2H3. The number of hydrogen-bond acceptors (Lipinski definition) is 4. The molecule has 1 aromatic heterocycles. The van der Waals surface area contributed by atoms with Crippen molar-refractivity contribution in [3.05, 3.63) is 45.6 Å². The Balaban J connectivity index is 1.90. The van der Waals surface area contributed by atoms with Crippen molar-refractivity contribution in [2.45, 2.75) is 26.4 Å². The van der Waals surface area contributed by atoms with Crippen LogP contribution in [0, 0.1) is 5.92 Å². The first-order chi connectivity index (χ1) is 10.2. The molecule has 21 heavy (non-hydrogen) atoms. The molecule has 1 aliphatic heterocycles. The zero-order valence-electron chi connectivity index (χ0n) is 12.3. The summed E-state index contributed by atoms with van der Waals surface area (Å²) in [6.07, 6.45) is 0.326. The predicted molar refractivity (Wildman–Crippen MR) is 84.4 cm³/mol. The van der Waals surface area contributed by atoms with E-state index in [1.807, 2.05) is 23.6 Å². The zero-order valence-corrected chi connectivity index (χ0v) is 13.2. The van der Waals surface area contributed by atoms with Gasteiger partial charge >= 0.3 is 0 Å². The molecule has 1 aliphatic rings. The highest BCUT2D eigenvalue weighted by Gasteiger charge is 2.20. The fourth-order valence-electron chi connectivity index (χ4n) is 2.47. The minimum atomic E-state index is -0.602. The van der Waals surface area contributed by atoms with Crippen molar-refractivity contribution >= 4 is 11.3 Å². The lowest BCUT2D eigenvalue weighted by atomic mass is 10.0. The average molecular weight is 304 g/mol. The monoisotopic (exact) mass is 304 g/mol. The highest BCUT2D eigenvalue weighted by molar-refractivity contribution is 7.10. The summed E-state index contributed by atoms with van der Waals surface area (Å²) >= 11 is 1.60. The molecule has 3 rings (SSSR count). The molecular weight excluding hydrogens is 284 g/mol. The quantitative estimate of drug-likeness (QED) is 0.937. The Bertz CT molecular complexity index is 620. The van der Waals surface area contributed by atoms with E-state index >= 15 is 0 Å². The molecule has 2 unspecified atom stereocenters. The summed E-state index contributed by atoms with van der Waals surface area (Å²) in [5.74, 6) is 1.86. The van der Waals surface area contributed by atoms with Crippen molar-refractivity contribution in [3.63, 3.8) is 0 Å². The maximum absolute atomic E-state index is 10.6. The summed E-state index contributed by atoms with van der Waals surface area (Å²) in [6, 6.07) is 7.79. The molecule has 0 amide bonds. The van der Waals surface area contributed by atoms with Gasteiger partial charge in [0.25, 0.3) is 0 Å². The topological polar surface area (TPSA) is 38.7 Å². The molecule has 0 saturated carbocycles. The number of hydrogen-bond donors (Lipinski definition) is 1. The Morgan fingerprint density at radius 1 is 1.24 bits per heavy atom. The predicted octanol–water partition coefficient (Wildman–Crippen LogP) is 3.80. The SMILES string of the molecule is CCc1ccsc1C(O)c1ccc2c(c1)OCC(C)CO2. The molecule has 3 nitrogen and oxygen atoms in total. The van der Waals surface area contributed by atoms with E-state index in [2.05, 4.69) is 19.9 Å². The highest BCUT2D eigenvalue weighted by Crippen LogP contribution is 2.36. The van der Waals surface area contributed by atoms with Gasteiger partial charge in [0.05, 0.1) is 13.2 Å². The molecule has 2 aromatic rings. The minimum absolute atomic E-state index is 0.370. The van der Waals surface area contributed by atoms with Crippen molar-refractivity contribution in [1.82, 2.24) is 0 Å². The highest BCUT2D eigenvalue weighted by atomic mass is 32.1. The molecule has 0 bridgehead atoms. The molecule has 0 aliphatic carbocycles. The second-order valence-corrected chi connectivity index (χ2v) is 6.45. The van der Waals surface area contributed by atoms with Crippen LogP contribution in [0.15, 0.2) is 29.6 Å². The fraction of sp³-hybridized carbons (Fsp3) is 0.412. The lowest BCUT2D eigenvalue weighted by Gasteiger charge is -2.14. The van der Waals surface area contributed by atoms with Crippen LogP contribution in [0.5, 0.6) is 11.5 Å². The summed E-state index contributed by atoms with van der Waals surface area (Å²) in [6.45, 7) is 5.51. The van der Waals surface area contributed by atoms with Gasteiger partial charge in [-0.15, -0.1) is 11.3 Å². The number of aliphatic hydroxyl groups is 1. The van der Waals surface area contributed by atoms with E-state index in [4.69, 9.17) is 9.47 Å². The molecule has 1 aromatic carbocycles. The molecule has 4 heteroatoms. The summed E-state index contributed by atoms with van der Waals surface area (Å²) in [7, 11) is 0. The third-order valence-electron chi connectivity index (χ3n) is 3.74. The minimum Gasteiger partial charge on any atom is -0.489 e. The van der Waals surface area contributed by atoms with Gasteiger partial charge in [-0.05, 0) is 41.1 Å². The van der Waals surface area contributed by atoms with Gasteiger partial charge in [0, 0.05) is 10.8 Å². The normalized spacial score (nSPS) is 19.1. The maximum atomic E-state index is 10.6. The number of aryl methyl sites for hydroxylation is 1. The Labute approximate surface area is 129 Å². The first-order valence-electron chi connectivity index (χ1n) is 7.33. The van der Waals surface area contributed by atoms with Crippen LogP contribution in [0.1, 0.15) is 36.0 Å². The Hall–Kier alpha value is -1.52. The second-order valence-electron chi connectivity index (χ2n) is 5.50. The second kappa shape index (κ2) is 6.08. The van der Waals surface area contributed by atoms with Gasteiger partial charge in [-0.2, -0.15) is 0 Å². The van der Waals surface area contributed by atoms with E-state index in [1.54, 1.807) is 11.3 Å². The number of rotatable bonds is 3. The third-order valence-corrected chi connectivity index (χ3v) is 4.75. The summed E-state index contributed by atoms with van der Waals surface area (Å²) in [5, 5.41) is 12.7. The van der Waals surface area contributed by atoms with Gasteiger partial charge in [0.1, 0.15) is 6.10 Å². The van der Waals surface area contributed by atoms with Crippen LogP contribution in [0.2, 0.25) is 0 Å². The van der Waals surface area contributed by atoms with E-state index < -0.39 is 6.10 Å². The zero-order chi connectivity index (χ0) is 14.8. The van der Waals surface area contributed by atoms with E-state index in [1.165, 1.54) is 5.56 Å². The number of aliphatic hydroxyl groups excluding tert-OH is 1. The van der Waals surface area contributed by atoms with Crippen molar-refractivity contribution in [2.24, 2.45) is 5.92 Å². The Morgan fingerprint density at radius 2 is 2.00 bits per heavy atom. The summed E-state index contributed by atoms with van der Waals surface area (Å²) < 4.78 is 11.5. The van der Waals surface area contributed by atoms with Crippen LogP contribution in [0.3, 0.4) is 0 Å². The average Bonchev–Trinajstić information content (AvgIpc) is 2.91. The van der Waals surface area contributed by atoms with Gasteiger partial charge in [0.2, 0.25) is 0 Å². The van der Waals surface area contributed by atoms with Crippen LogP contribution >= 0.6 is 11.3 Å². The van der Waals surface area contributed by atoms with Gasteiger partial charge in [0.15, 0.2) is 11.5 Å². The van der Waals surface area contributed by atoms with Gasteiger partial charge in [-0.1, -0.05) is 19.9 Å². The smallest absolute Gasteiger partial charge is 0.161 e. The summed E-state index contributed by atoms with van der Waals surface area (Å²) in [4.78, 5) is 1.01. The number of fused-ring (bicyclic) bond motifs is 1. The molecule has 2 atom stereocenters. The van der Waals surface area contributed by atoms with E-state index in [0.717, 1.165) is 28.4 Å². The van der Waals surface area contributed by atoms with Crippen LogP contribution in [-0.2, 0) is 6.42 Å². The Morgan fingerprint density at radius 3 is 2.76 bits per heavy atom. The van der Waals surface area contributed by atoms with Crippen molar-refractivity contribution in [2.75, 3.05) is 13.2 Å². The van der Waals surface area contributed by atoms with Gasteiger partial charge in [-0.3, -0.25) is 0 Å². The van der Waals surface area contributed by atoms with Crippen molar-refractivity contribution < 1.29 is 14.6 Å². The molecule has 0 radical (unpaired) electrons. The molecular formula is C17H20O3S. The lowest BCUT2D eigenvalue weighted by molar-refractivity contribution is 0.221. The number of benzene rings is 1. The largest absolute Gasteiger partial charge is 0.489 e. The fourth-order valence-corrected chi connectivity index (χ4v) is 3.48. The molecule has 112 valence electrons. The molecule has 0 spiro atoms. The number of ether oxygens (including phenoxy) is 2. The van der Waals surface area contributed by atoms with Crippen LogP contribution < -0.4 is 9.47 Å². The number of thiophene rings is 1. The third kappa shape index (κ3) is 2.92. The molecule has 0 saturated heterocycles. The summed E-state index contributed by atoms with van der Waals surface area (Å²) in [5.41, 5.74) is 2.05. The molecule has 0 fully saturated rings. The lowest BCUT2D eigenvalue weighted by Crippen LogP contribution is -2.12. The maximum Gasteiger partial charge on any atom is 0.161 e. The van der Waals surface area contributed by atoms with Crippen LogP contribution in [0.4, 0.5) is 0 Å².